The third-order valence-electron chi connectivity index (χ3n) is 9.60. The second-order valence-corrected chi connectivity index (χ2v) is 13.4. The number of imidazole rings is 1. The molecule has 0 saturated heterocycles. The van der Waals surface area contributed by atoms with E-state index in [0.717, 1.165) is 33.8 Å². The van der Waals surface area contributed by atoms with Crippen LogP contribution in [0.25, 0.3) is 92.6 Å². The molecule has 3 nitrogen and oxygen atoms in total. The Kier molecular flexibility index (Phi) is 5.96. The molecule has 10 rings (SSSR count). The van der Waals surface area contributed by atoms with Gasteiger partial charge in [0.2, 0.25) is 0 Å². The summed E-state index contributed by atoms with van der Waals surface area (Å²) in [6.07, 6.45) is 4.44. The van der Waals surface area contributed by atoms with Crippen molar-refractivity contribution in [2.24, 2.45) is 0 Å². The Morgan fingerprint density at radius 3 is 2.10 bits per heavy atom. The van der Waals surface area contributed by atoms with E-state index in [-0.39, 0.29) is 0 Å². The second kappa shape index (κ2) is 10.5. The third kappa shape index (κ3) is 3.90. The molecule has 3 heterocycles. The van der Waals surface area contributed by atoms with Crippen molar-refractivity contribution in [3.8, 4) is 22.8 Å². The van der Waals surface area contributed by atoms with Crippen molar-refractivity contribution < 1.29 is 0 Å². The molecule has 0 spiro atoms. The first-order valence-electron chi connectivity index (χ1n) is 16.3. The van der Waals surface area contributed by atoms with Crippen molar-refractivity contribution in [3.63, 3.8) is 0 Å². The number of allylic oxidation sites excluding steroid dienone is 1. The van der Waals surface area contributed by atoms with Crippen LogP contribution < -0.4 is 0 Å². The van der Waals surface area contributed by atoms with Gasteiger partial charge < -0.3 is 4.57 Å². The van der Waals surface area contributed by atoms with E-state index in [1.807, 2.05) is 11.3 Å². The Hall–Kier alpha value is -5.97. The lowest BCUT2D eigenvalue weighted by Gasteiger charge is -2.12. The van der Waals surface area contributed by atoms with Crippen molar-refractivity contribution in [1.29, 1.82) is 0 Å². The third-order valence-corrected chi connectivity index (χ3v) is 10.8. The van der Waals surface area contributed by atoms with Crippen LogP contribution in [-0.2, 0) is 0 Å². The molecule has 48 heavy (non-hydrogen) atoms. The standard InChI is InChI=1S/C44H29N3S/c1-2-12-30-27-38-41(43-40(30)42-33-16-7-6-13-28(33)23-26-39(42)48-43)34-17-8-10-19-36(34)46(38)32-24-21-29(22-25-32)44-45-35-18-9-11-20-37(35)47(44)31-14-4-3-5-15-31/h2-27H,1H3/b12-2+. The molecule has 0 amide bonds. The number of rotatable bonds is 4. The average molecular weight is 632 g/mol. The first-order valence-corrected chi connectivity index (χ1v) is 17.2. The average Bonchev–Trinajstić information content (AvgIpc) is 3.82. The van der Waals surface area contributed by atoms with Crippen molar-refractivity contribution in [2.45, 2.75) is 6.92 Å². The SMILES string of the molecule is C/C=C/c1cc2c(c3ccccc3n2-c2ccc(-c3nc4ccccc4n3-c3ccccc3)cc2)c2sc3ccc4ccccc4c3c12. The lowest BCUT2D eigenvalue weighted by molar-refractivity contribution is 1.10. The van der Waals surface area contributed by atoms with E-state index in [2.05, 4.69) is 174 Å². The summed E-state index contributed by atoms with van der Waals surface area (Å²) < 4.78 is 7.36. The minimum Gasteiger partial charge on any atom is -0.309 e. The van der Waals surface area contributed by atoms with Crippen LogP contribution in [0, 0.1) is 0 Å². The summed E-state index contributed by atoms with van der Waals surface area (Å²) in [6.45, 7) is 2.11. The minimum absolute atomic E-state index is 0.936. The van der Waals surface area contributed by atoms with Crippen LogP contribution in [0.15, 0.2) is 152 Å². The van der Waals surface area contributed by atoms with Crippen LogP contribution in [0.5, 0.6) is 0 Å². The Morgan fingerprint density at radius 1 is 0.562 bits per heavy atom. The molecule has 0 radical (unpaired) electrons. The summed E-state index contributed by atoms with van der Waals surface area (Å²) in [5.74, 6) is 0.936. The number of para-hydroxylation sites is 4. The Morgan fingerprint density at radius 2 is 1.27 bits per heavy atom. The smallest absolute Gasteiger partial charge is 0.145 e. The van der Waals surface area contributed by atoms with E-state index in [0.29, 0.717) is 0 Å². The molecular formula is C44H29N3S. The highest BCUT2D eigenvalue weighted by molar-refractivity contribution is 7.27. The van der Waals surface area contributed by atoms with Gasteiger partial charge in [-0.05, 0) is 90.0 Å². The molecule has 0 atom stereocenters. The fourth-order valence-corrected chi connectivity index (χ4v) is 8.89. The van der Waals surface area contributed by atoms with Gasteiger partial charge in [0, 0.05) is 47.9 Å². The molecule has 0 N–H and O–H groups in total. The molecule has 0 bridgehead atoms. The molecule has 0 saturated carbocycles. The Bertz CT molecular complexity index is 2890. The monoisotopic (exact) mass is 631 g/mol. The topological polar surface area (TPSA) is 22.8 Å². The zero-order valence-corrected chi connectivity index (χ0v) is 27.1. The van der Waals surface area contributed by atoms with E-state index < -0.39 is 0 Å². The van der Waals surface area contributed by atoms with Gasteiger partial charge in [0.25, 0.3) is 0 Å². The van der Waals surface area contributed by atoms with E-state index in [1.165, 1.54) is 58.3 Å². The van der Waals surface area contributed by atoms with Crippen LogP contribution in [0.3, 0.4) is 0 Å². The highest BCUT2D eigenvalue weighted by Gasteiger charge is 2.21. The highest BCUT2D eigenvalue weighted by atomic mass is 32.1. The van der Waals surface area contributed by atoms with E-state index in [9.17, 15) is 0 Å². The molecule has 3 aromatic heterocycles. The number of benzene rings is 7. The molecule has 10 aromatic rings. The molecule has 4 heteroatoms. The first kappa shape index (κ1) is 27.2. The van der Waals surface area contributed by atoms with Crippen molar-refractivity contribution >= 4 is 81.2 Å². The summed E-state index contributed by atoms with van der Waals surface area (Å²) in [5, 5.41) is 7.87. The van der Waals surface area contributed by atoms with Gasteiger partial charge in [0.15, 0.2) is 0 Å². The van der Waals surface area contributed by atoms with Gasteiger partial charge in [-0.25, -0.2) is 4.98 Å². The fraction of sp³-hybridized carbons (Fsp3) is 0.0227. The lowest BCUT2D eigenvalue weighted by atomic mass is 9.98. The van der Waals surface area contributed by atoms with Gasteiger partial charge in [0.05, 0.1) is 22.1 Å². The summed E-state index contributed by atoms with van der Waals surface area (Å²) >= 11 is 1.91. The van der Waals surface area contributed by atoms with Gasteiger partial charge in [0.1, 0.15) is 5.82 Å². The van der Waals surface area contributed by atoms with Crippen molar-refractivity contribution in [1.82, 2.24) is 14.1 Å². The van der Waals surface area contributed by atoms with Crippen molar-refractivity contribution in [3.05, 3.63) is 157 Å². The number of hydrogen-bond donors (Lipinski definition) is 0. The number of nitrogens with zero attached hydrogens (tertiary/aromatic N) is 3. The molecule has 0 fully saturated rings. The maximum Gasteiger partial charge on any atom is 0.145 e. The predicted octanol–water partition coefficient (Wildman–Crippen LogP) is 12.3. The molecule has 0 aliphatic rings. The van der Waals surface area contributed by atoms with E-state index >= 15 is 0 Å². The van der Waals surface area contributed by atoms with Gasteiger partial charge in [-0.3, -0.25) is 4.57 Å². The van der Waals surface area contributed by atoms with Gasteiger partial charge >= 0.3 is 0 Å². The van der Waals surface area contributed by atoms with Crippen molar-refractivity contribution in [2.75, 3.05) is 0 Å². The van der Waals surface area contributed by atoms with Gasteiger partial charge in [-0.2, -0.15) is 0 Å². The Balaban J connectivity index is 1.23. The quantitative estimate of drug-likeness (QED) is 0.189. The van der Waals surface area contributed by atoms with Crippen LogP contribution in [-0.4, -0.2) is 14.1 Å². The summed E-state index contributed by atoms with van der Waals surface area (Å²) in [7, 11) is 0. The molecule has 0 aliphatic carbocycles. The molecule has 226 valence electrons. The highest BCUT2D eigenvalue weighted by Crippen LogP contribution is 2.47. The fourth-order valence-electron chi connectivity index (χ4n) is 7.58. The maximum absolute atomic E-state index is 5.11. The first-order chi connectivity index (χ1) is 23.8. The predicted molar refractivity (Wildman–Crippen MR) is 206 cm³/mol. The summed E-state index contributed by atoms with van der Waals surface area (Å²) in [5.41, 5.74) is 9.07. The summed E-state index contributed by atoms with van der Waals surface area (Å²) in [4.78, 5) is 5.11. The normalized spacial score (nSPS) is 12.2. The maximum atomic E-state index is 5.11. The molecular weight excluding hydrogens is 603 g/mol. The van der Waals surface area contributed by atoms with Crippen LogP contribution in [0.4, 0.5) is 0 Å². The van der Waals surface area contributed by atoms with Gasteiger partial charge in [-0.15, -0.1) is 11.3 Å². The molecule has 0 unspecified atom stereocenters. The summed E-state index contributed by atoms with van der Waals surface area (Å²) in [6, 6.07) is 52.4. The molecule has 7 aromatic carbocycles. The number of fused-ring (bicyclic) bond motifs is 10. The number of aromatic nitrogens is 3. The van der Waals surface area contributed by atoms with Crippen LogP contribution in [0.2, 0.25) is 0 Å². The van der Waals surface area contributed by atoms with E-state index in [1.54, 1.807) is 0 Å². The van der Waals surface area contributed by atoms with E-state index in [4.69, 9.17) is 4.98 Å². The number of hydrogen-bond acceptors (Lipinski definition) is 2. The minimum atomic E-state index is 0.936. The van der Waals surface area contributed by atoms with Crippen LogP contribution in [0.1, 0.15) is 12.5 Å². The Labute approximate surface area is 281 Å². The van der Waals surface area contributed by atoms with Crippen LogP contribution >= 0.6 is 11.3 Å². The molecule has 0 aliphatic heterocycles. The van der Waals surface area contributed by atoms with Gasteiger partial charge in [-0.1, -0.05) is 91.0 Å². The zero-order chi connectivity index (χ0) is 31.8. The second-order valence-electron chi connectivity index (χ2n) is 12.3. The largest absolute Gasteiger partial charge is 0.309 e. The zero-order valence-electron chi connectivity index (χ0n) is 26.3. The number of thiophene rings is 1. The lowest BCUT2D eigenvalue weighted by Crippen LogP contribution is -1.98.